The highest BCUT2D eigenvalue weighted by Crippen LogP contribution is 2.30. The number of sulfonamides is 1. The molecule has 2 aromatic heterocycles. The lowest BCUT2D eigenvalue weighted by Gasteiger charge is -2.13. The number of anilines is 1. The van der Waals surface area contributed by atoms with E-state index < -0.39 is 10.0 Å². The van der Waals surface area contributed by atoms with Crippen molar-refractivity contribution in [3.05, 3.63) is 63.6 Å². The normalized spacial score (nSPS) is 11.1. The summed E-state index contributed by atoms with van der Waals surface area (Å²) < 4.78 is 34.4. The fraction of sp³-hybridized carbons (Fsp3) is 0.273. The van der Waals surface area contributed by atoms with Crippen LogP contribution in [0.2, 0.25) is 0 Å². The minimum absolute atomic E-state index is 0.0250. The van der Waals surface area contributed by atoms with Crippen LogP contribution < -0.4 is 15.0 Å². The van der Waals surface area contributed by atoms with Gasteiger partial charge >= 0.3 is 0 Å². The fourth-order valence-corrected chi connectivity index (χ4v) is 4.18. The number of para-hydroxylation sites is 1. The second-order valence-electron chi connectivity index (χ2n) is 7.33. The van der Waals surface area contributed by atoms with E-state index in [4.69, 9.17) is 4.74 Å². The first kappa shape index (κ1) is 23.0. The predicted octanol–water partition coefficient (Wildman–Crippen LogP) is 3.27. The fourth-order valence-electron chi connectivity index (χ4n) is 3.12. The molecule has 0 aliphatic carbocycles. The Labute approximate surface area is 186 Å². The molecule has 0 unspecified atom stereocenters. The molecular formula is C22H23N5O4S. The molecule has 0 radical (unpaired) electrons. The van der Waals surface area contributed by atoms with Crippen LogP contribution in [0.3, 0.4) is 0 Å². The van der Waals surface area contributed by atoms with E-state index >= 15 is 0 Å². The minimum Gasteiger partial charge on any atom is -0.437 e. The summed E-state index contributed by atoms with van der Waals surface area (Å²) in [7, 11) is -2.01. The van der Waals surface area contributed by atoms with Gasteiger partial charge in [-0.25, -0.2) is 13.4 Å². The number of hydrogen-bond acceptors (Lipinski definition) is 7. The lowest BCUT2D eigenvalue weighted by atomic mass is 10.1. The van der Waals surface area contributed by atoms with Crippen molar-refractivity contribution < 1.29 is 13.2 Å². The molecule has 0 spiro atoms. The van der Waals surface area contributed by atoms with Crippen molar-refractivity contribution in [3.63, 3.8) is 0 Å². The molecule has 0 amide bonds. The number of hydrogen-bond donors (Lipinski definition) is 1. The SMILES string of the molecule is CCCS(=O)(=O)Nc1cc(Oc2c(C)cccc2C#N)nc(-c2cc(C)c(=O)n(C)c2)n1. The highest BCUT2D eigenvalue weighted by Gasteiger charge is 2.17. The standard InChI is InChI=1S/C22H23N5O4S/c1-5-9-32(29,30)26-18-11-19(31-20-14(2)7-6-8-16(20)12-23)25-21(24-18)17-10-15(3)22(28)27(4)13-17/h6-8,10-11,13H,5,9H2,1-4H3,(H,24,25,26). The van der Waals surface area contributed by atoms with Crippen LogP contribution in [0.25, 0.3) is 11.4 Å². The topological polar surface area (TPSA) is 127 Å². The van der Waals surface area contributed by atoms with Crippen molar-refractivity contribution in [3.8, 4) is 29.1 Å². The van der Waals surface area contributed by atoms with E-state index in [0.29, 0.717) is 28.9 Å². The van der Waals surface area contributed by atoms with E-state index in [9.17, 15) is 18.5 Å². The molecule has 9 nitrogen and oxygen atoms in total. The molecule has 0 atom stereocenters. The highest BCUT2D eigenvalue weighted by molar-refractivity contribution is 7.92. The van der Waals surface area contributed by atoms with Crippen LogP contribution in [0.15, 0.2) is 41.3 Å². The van der Waals surface area contributed by atoms with Gasteiger partial charge in [0.05, 0.1) is 11.3 Å². The average Bonchev–Trinajstić information content (AvgIpc) is 2.72. The van der Waals surface area contributed by atoms with Crippen LogP contribution in [0.5, 0.6) is 11.6 Å². The van der Waals surface area contributed by atoms with Gasteiger partial charge in [-0.05, 0) is 38.0 Å². The van der Waals surface area contributed by atoms with Crippen molar-refractivity contribution in [2.45, 2.75) is 27.2 Å². The summed E-state index contributed by atoms with van der Waals surface area (Å²) >= 11 is 0. The molecule has 1 aromatic carbocycles. The Bertz CT molecular complexity index is 1350. The minimum atomic E-state index is -3.62. The van der Waals surface area contributed by atoms with Gasteiger partial charge in [0.25, 0.3) is 5.56 Å². The van der Waals surface area contributed by atoms with E-state index in [2.05, 4.69) is 20.8 Å². The average molecular weight is 454 g/mol. The Morgan fingerprint density at radius 2 is 1.94 bits per heavy atom. The maximum absolute atomic E-state index is 12.3. The number of ether oxygens (including phenoxy) is 1. The van der Waals surface area contributed by atoms with E-state index in [0.717, 1.165) is 5.56 Å². The van der Waals surface area contributed by atoms with E-state index in [-0.39, 0.29) is 28.8 Å². The molecule has 0 aliphatic rings. The Balaban J connectivity index is 2.15. The Hall–Kier alpha value is -3.71. The lowest BCUT2D eigenvalue weighted by Crippen LogP contribution is -2.19. The molecule has 0 saturated heterocycles. The predicted molar refractivity (Wildman–Crippen MR) is 121 cm³/mol. The van der Waals surface area contributed by atoms with E-state index in [1.54, 1.807) is 58.3 Å². The van der Waals surface area contributed by atoms with Crippen molar-refractivity contribution in [1.29, 1.82) is 5.26 Å². The van der Waals surface area contributed by atoms with Crippen LogP contribution >= 0.6 is 0 Å². The second-order valence-corrected chi connectivity index (χ2v) is 9.17. The third kappa shape index (κ3) is 5.12. The van der Waals surface area contributed by atoms with Crippen LogP contribution in [0, 0.1) is 25.2 Å². The monoisotopic (exact) mass is 453 g/mol. The van der Waals surface area contributed by atoms with Crippen molar-refractivity contribution >= 4 is 15.8 Å². The maximum Gasteiger partial charge on any atom is 0.253 e. The molecule has 1 N–H and O–H groups in total. The third-order valence-electron chi connectivity index (χ3n) is 4.60. The van der Waals surface area contributed by atoms with E-state index in [1.165, 1.54) is 10.6 Å². The smallest absolute Gasteiger partial charge is 0.253 e. The quantitative estimate of drug-likeness (QED) is 0.581. The first-order chi connectivity index (χ1) is 15.1. The van der Waals surface area contributed by atoms with Crippen molar-refractivity contribution in [1.82, 2.24) is 14.5 Å². The van der Waals surface area contributed by atoms with Crippen LogP contribution in [0.4, 0.5) is 5.82 Å². The van der Waals surface area contributed by atoms with Gasteiger partial charge in [-0.3, -0.25) is 9.52 Å². The number of pyridine rings is 1. The first-order valence-electron chi connectivity index (χ1n) is 9.88. The zero-order valence-corrected chi connectivity index (χ0v) is 19.0. The van der Waals surface area contributed by atoms with E-state index in [1.807, 2.05) is 0 Å². The second kappa shape index (κ2) is 9.20. The Kier molecular flexibility index (Phi) is 6.60. The maximum atomic E-state index is 12.3. The summed E-state index contributed by atoms with van der Waals surface area (Å²) in [6, 6.07) is 10.2. The van der Waals surface area contributed by atoms with Crippen molar-refractivity contribution in [2.75, 3.05) is 10.5 Å². The molecular weight excluding hydrogens is 430 g/mol. The Morgan fingerprint density at radius 3 is 2.59 bits per heavy atom. The molecule has 0 aliphatic heterocycles. The Morgan fingerprint density at radius 1 is 1.19 bits per heavy atom. The largest absolute Gasteiger partial charge is 0.437 e. The number of aromatic nitrogens is 3. The third-order valence-corrected chi connectivity index (χ3v) is 6.06. The summed E-state index contributed by atoms with van der Waals surface area (Å²) in [5.41, 5.74) is 1.87. The molecule has 2 heterocycles. The summed E-state index contributed by atoms with van der Waals surface area (Å²) in [5.74, 6) is 0.498. The van der Waals surface area contributed by atoms with Crippen molar-refractivity contribution in [2.24, 2.45) is 7.05 Å². The number of nitriles is 1. The van der Waals surface area contributed by atoms with Gasteiger partial charge in [-0.1, -0.05) is 19.1 Å². The van der Waals surface area contributed by atoms with Gasteiger partial charge < -0.3 is 9.30 Å². The van der Waals surface area contributed by atoms with Gasteiger partial charge in [0, 0.05) is 30.4 Å². The van der Waals surface area contributed by atoms with Gasteiger partial charge in [0.2, 0.25) is 15.9 Å². The number of rotatable bonds is 7. The summed E-state index contributed by atoms with van der Waals surface area (Å²) in [4.78, 5) is 20.8. The van der Waals surface area contributed by atoms with Crippen LogP contribution in [0.1, 0.15) is 30.0 Å². The van der Waals surface area contributed by atoms with Gasteiger partial charge in [-0.15, -0.1) is 0 Å². The zero-order valence-electron chi connectivity index (χ0n) is 18.2. The molecule has 3 rings (SSSR count). The zero-order chi connectivity index (χ0) is 23.5. The number of nitrogens with one attached hydrogen (secondary N) is 1. The highest BCUT2D eigenvalue weighted by atomic mass is 32.2. The molecule has 0 saturated carbocycles. The van der Waals surface area contributed by atoms with Gasteiger partial charge in [0.1, 0.15) is 17.6 Å². The van der Waals surface area contributed by atoms with Crippen LogP contribution in [-0.2, 0) is 17.1 Å². The molecule has 0 bridgehead atoms. The number of nitrogens with zero attached hydrogens (tertiary/aromatic N) is 4. The molecule has 166 valence electrons. The van der Waals surface area contributed by atoms with Gasteiger partial charge in [0.15, 0.2) is 5.82 Å². The first-order valence-corrected chi connectivity index (χ1v) is 11.5. The molecule has 3 aromatic rings. The van der Waals surface area contributed by atoms with Crippen LogP contribution in [-0.4, -0.2) is 28.7 Å². The molecule has 0 fully saturated rings. The molecule has 32 heavy (non-hydrogen) atoms. The number of aryl methyl sites for hydroxylation is 3. The summed E-state index contributed by atoms with van der Waals surface area (Å²) in [6.07, 6.45) is 2.00. The number of benzene rings is 1. The summed E-state index contributed by atoms with van der Waals surface area (Å²) in [5, 5.41) is 9.42. The lowest BCUT2D eigenvalue weighted by molar-refractivity contribution is 0.458. The van der Waals surface area contributed by atoms with Gasteiger partial charge in [-0.2, -0.15) is 10.2 Å². The molecule has 10 heteroatoms. The summed E-state index contributed by atoms with van der Waals surface area (Å²) in [6.45, 7) is 5.22.